The van der Waals surface area contributed by atoms with Crippen LogP contribution in [0, 0.1) is 6.92 Å². The molecule has 1 unspecified atom stereocenters. The molecule has 1 aromatic rings. The third kappa shape index (κ3) is 2.95. The highest BCUT2D eigenvalue weighted by molar-refractivity contribution is 5.94. The quantitative estimate of drug-likeness (QED) is 0.894. The maximum absolute atomic E-state index is 12.1. The number of piperazine rings is 1. The number of aryl methyl sites for hydroxylation is 1. The molecule has 1 fully saturated rings. The molecule has 0 aromatic heterocycles. The molecular formula is C15H20N2O2. The largest absolute Gasteiger partial charge is 0.345 e. The normalized spacial score (nSPS) is 19.5. The van der Waals surface area contributed by atoms with E-state index in [-0.39, 0.29) is 24.4 Å². The van der Waals surface area contributed by atoms with Gasteiger partial charge in [-0.25, -0.2) is 0 Å². The molecule has 1 aromatic carbocycles. The van der Waals surface area contributed by atoms with E-state index in [9.17, 15) is 9.59 Å². The van der Waals surface area contributed by atoms with Gasteiger partial charge in [0.1, 0.15) is 6.04 Å². The summed E-state index contributed by atoms with van der Waals surface area (Å²) in [5.74, 6) is -0.0312. The molecular weight excluding hydrogens is 240 g/mol. The lowest BCUT2D eigenvalue weighted by Gasteiger charge is -2.35. The van der Waals surface area contributed by atoms with Crippen molar-refractivity contribution in [1.29, 1.82) is 0 Å². The minimum absolute atomic E-state index is 0.00121. The van der Waals surface area contributed by atoms with E-state index in [4.69, 9.17) is 0 Å². The van der Waals surface area contributed by atoms with Crippen molar-refractivity contribution < 1.29 is 9.59 Å². The monoisotopic (exact) mass is 260 g/mol. The molecule has 0 aliphatic carbocycles. The molecule has 4 nitrogen and oxygen atoms in total. The number of benzene rings is 1. The van der Waals surface area contributed by atoms with E-state index >= 15 is 0 Å². The van der Waals surface area contributed by atoms with Crippen LogP contribution < -0.4 is 5.32 Å². The Kier molecular flexibility index (Phi) is 4.20. The van der Waals surface area contributed by atoms with Crippen molar-refractivity contribution in [3.63, 3.8) is 0 Å². The van der Waals surface area contributed by atoms with Gasteiger partial charge in [0, 0.05) is 6.54 Å². The molecule has 1 aliphatic heterocycles. The predicted molar refractivity (Wildman–Crippen MR) is 73.4 cm³/mol. The summed E-state index contributed by atoms with van der Waals surface area (Å²) in [5, 5.41) is 2.67. The van der Waals surface area contributed by atoms with Gasteiger partial charge in [0.25, 0.3) is 0 Å². The lowest BCUT2D eigenvalue weighted by Crippen LogP contribution is -2.57. The SMILES string of the molecule is CCCC1C(=O)NCC(=O)N1Cc1ccccc1C. The van der Waals surface area contributed by atoms with Crippen molar-refractivity contribution in [3.05, 3.63) is 35.4 Å². The topological polar surface area (TPSA) is 49.4 Å². The summed E-state index contributed by atoms with van der Waals surface area (Å²) in [5.41, 5.74) is 2.25. The standard InChI is InChI=1S/C15H20N2O2/c1-3-6-13-15(19)16-9-14(18)17(13)10-12-8-5-4-7-11(12)2/h4-5,7-8,13H,3,6,9-10H2,1-2H3,(H,16,19). The van der Waals surface area contributed by atoms with E-state index in [2.05, 4.69) is 5.32 Å². The Morgan fingerprint density at radius 3 is 2.74 bits per heavy atom. The van der Waals surface area contributed by atoms with Crippen molar-refractivity contribution in [1.82, 2.24) is 10.2 Å². The van der Waals surface area contributed by atoms with Gasteiger partial charge in [-0.2, -0.15) is 0 Å². The number of nitrogens with zero attached hydrogens (tertiary/aromatic N) is 1. The highest BCUT2D eigenvalue weighted by Crippen LogP contribution is 2.17. The van der Waals surface area contributed by atoms with Crippen LogP contribution in [-0.4, -0.2) is 29.3 Å². The maximum atomic E-state index is 12.1. The molecule has 102 valence electrons. The van der Waals surface area contributed by atoms with Crippen LogP contribution in [0.5, 0.6) is 0 Å². The number of carbonyl (C=O) groups excluding carboxylic acids is 2. The first-order valence-corrected chi connectivity index (χ1v) is 6.75. The number of hydrogen-bond acceptors (Lipinski definition) is 2. The fourth-order valence-electron chi connectivity index (χ4n) is 2.43. The maximum Gasteiger partial charge on any atom is 0.243 e. The fraction of sp³-hybridized carbons (Fsp3) is 0.467. The van der Waals surface area contributed by atoms with E-state index in [1.807, 2.05) is 38.1 Å². The van der Waals surface area contributed by atoms with Crippen LogP contribution in [-0.2, 0) is 16.1 Å². The Labute approximate surface area is 113 Å². The first kappa shape index (κ1) is 13.6. The van der Waals surface area contributed by atoms with Gasteiger partial charge < -0.3 is 10.2 Å². The molecule has 0 saturated carbocycles. The van der Waals surface area contributed by atoms with Gasteiger partial charge in [-0.1, -0.05) is 37.6 Å². The van der Waals surface area contributed by atoms with Gasteiger partial charge in [-0.15, -0.1) is 0 Å². The van der Waals surface area contributed by atoms with E-state index < -0.39 is 0 Å². The summed E-state index contributed by atoms with van der Waals surface area (Å²) >= 11 is 0. The molecule has 1 N–H and O–H groups in total. The van der Waals surface area contributed by atoms with Crippen molar-refractivity contribution in [2.45, 2.75) is 39.3 Å². The van der Waals surface area contributed by atoms with Crippen LogP contribution in [0.4, 0.5) is 0 Å². The van der Waals surface area contributed by atoms with E-state index in [0.29, 0.717) is 13.0 Å². The Bertz CT molecular complexity index is 485. The number of nitrogens with one attached hydrogen (secondary N) is 1. The van der Waals surface area contributed by atoms with E-state index in [1.165, 1.54) is 0 Å². The molecule has 1 aliphatic rings. The zero-order valence-electron chi connectivity index (χ0n) is 11.5. The summed E-state index contributed by atoms with van der Waals surface area (Å²) in [6.07, 6.45) is 1.60. The highest BCUT2D eigenvalue weighted by atomic mass is 16.2. The Balaban J connectivity index is 2.21. The average Bonchev–Trinajstić information content (AvgIpc) is 2.40. The molecule has 1 saturated heterocycles. The number of amides is 2. The second kappa shape index (κ2) is 5.87. The van der Waals surface area contributed by atoms with E-state index in [0.717, 1.165) is 17.5 Å². The Hall–Kier alpha value is -1.84. The van der Waals surface area contributed by atoms with Crippen LogP contribution in [0.1, 0.15) is 30.9 Å². The first-order valence-electron chi connectivity index (χ1n) is 6.75. The van der Waals surface area contributed by atoms with E-state index in [1.54, 1.807) is 4.90 Å². The Morgan fingerprint density at radius 2 is 2.05 bits per heavy atom. The zero-order chi connectivity index (χ0) is 13.8. The smallest absolute Gasteiger partial charge is 0.243 e. The predicted octanol–water partition coefficient (Wildman–Crippen LogP) is 1.62. The lowest BCUT2D eigenvalue weighted by atomic mass is 10.0. The molecule has 4 heteroatoms. The van der Waals surface area contributed by atoms with Gasteiger partial charge in [-0.3, -0.25) is 9.59 Å². The van der Waals surface area contributed by atoms with Gasteiger partial charge in [0.2, 0.25) is 11.8 Å². The molecule has 1 atom stereocenters. The van der Waals surface area contributed by atoms with Crippen LogP contribution in [0.25, 0.3) is 0 Å². The molecule has 1 heterocycles. The van der Waals surface area contributed by atoms with Crippen molar-refractivity contribution in [3.8, 4) is 0 Å². The molecule has 0 radical (unpaired) electrons. The molecule has 2 rings (SSSR count). The lowest BCUT2D eigenvalue weighted by molar-refractivity contribution is -0.146. The summed E-state index contributed by atoms with van der Waals surface area (Å²) < 4.78 is 0. The molecule has 2 amide bonds. The van der Waals surface area contributed by atoms with Gasteiger partial charge in [0.05, 0.1) is 6.54 Å². The Morgan fingerprint density at radius 1 is 1.32 bits per heavy atom. The number of hydrogen-bond donors (Lipinski definition) is 1. The summed E-state index contributed by atoms with van der Waals surface area (Å²) in [7, 11) is 0. The second-order valence-corrected chi connectivity index (χ2v) is 4.97. The number of rotatable bonds is 4. The third-order valence-electron chi connectivity index (χ3n) is 3.58. The second-order valence-electron chi connectivity index (χ2n) is 4.97. The van der Waals surface area contributed by atoms with Crippen molar-refractivity contribution in [2.75, 3.05) is 6.54 Å². The van der Waals surface area contributed by atoms with Crippen LogP contribution in [0.2, 0.25) is 0 Å². The minimum Gasteiger partial charge on any atom is -0.345 e. The summed E-state index contributed by atoms with van der Waals surface area (Å²) in [6, 6.07) is 7.65. The zero-order valence-corrected chi connectivity index (χ0v) is 11.5. The summed E-state index contributed by atoms with van der Waals surface area (Å²) in [6.45, 7) is 4.69. The van der Waals surface area contributed by atoms with Crippen LogP contribution >= 0.6 is 0 Å². The van der Waals surface area contributed by atoms with Crippen molar-refractivity contribution >= 4 is 11.8 Å². The van der Waals surface area contributed by atoms with Gasteiger partial charge in [0.15, 0.2) is 0 Å². The van der Waals surface area contributed by atoms with Crippen LogP contribution in [0.15, 0.2) is 24.3 Å². The molecule has 19 heavy (non-hydrogen) atoms. The highest BCUT2D eigenvalue weighted by Gasteiger charge is 2.33. The van der Waals surface area contributed by atoms with Crippen LogP contribution in [0.3, 0.4) is 0 Å². The third-order valence-corrected chi connectivity index (χ3v) is 3.58. The summed E-state index contributed by atoms with van der Waals surface area (Å²) in [4.78, 5) is 25.7. The average molecular weight is 260 g/mol. The molecule has 0 bridgehead atoms. The minimum atomic E-state index is -0.328. The van der Waals surface area contributed by atoms with Gasteiger partial charge >= 0.3 is 0 Å². The first-order chi connectivity index (χ1) is 9.13. The van der Waals surface area contributed by atoms with Crippen molar-refractivity contribution in [2.24, 2.45) is 0 Å². The number of carbonyl (C=O) groups is 2. The van der Waals surface area contributed by atoms with Gasteiger partial charge in [-0.05, 0) is 24.5 Å². The fourth-order valence-corrected chi connectivity index (χ4v) is 2.43. The molecule has 0 spiro atoms.